The van der Waals surface area contributed by atoms with Crippen molar-refractivity contribution in [1.82, 2.24) is 35.8 Å². The number of fused-ring (bicyclic) bond motifs is 1. The highest BCUT2D eigenvalue weighted by atomic mass is 35.6. The lowest BCUT2D eigenvalue weighted by Crippen LogP contribution is -2.62. The standard InChI is InChI=1S/C37H46Cl3N7O7/c1-22(2)31(44-35(52)36(5,6)15-14-25-10-11-26-12-13-27(42-29(26)19-25)23(3)54-24(4)48)32(49)43-30(20-46-17-8-16-41-46)33(50)47-18-7-9-28(45-47)34(51)53-21-37(38,39)40/h8,10-17,19,22-23,28,30-31,45H,7,9,18,20-21H2,1-6H3,(H,43,49)(H,44,52). The Morgan fingerprint density at radius 1 is 1.07 bits per heavy atom. The number of benzene rings is 1. The molecule has 3 heterocycles. The summed E-state index contributed by atoms with van der Waals surface area (Å²) in [5.74, 6) is -2.94. The van der Waals surface area contributed by atoms with Gasteiger partial charge < -0.3 is 20.1 Å². The molecule has 14 nitrogen and oxygen atoms in total. The predicted molar refractivity (Wildman–Crippen MR) is 205 cm³/mol. The van der Waals surface area contributed by atoms with Crippen LogP contribution in [0.2, 0.25) is 0 Å². The van der Waals surface area contributed by atoms with Gasteiger partial charge in [0, 0.05) is 31.2 Å². The van der Waals surface area contributed by atoms with Crippen LogP contribution in [0.15, 0.2) is 54.9 Å². The van der Waals surface area contributed by atoms with Gasteiger partial charge in [0.25, 0.3) is 5.91 Å². The molecule has 2 aromatic heterocycles. The van der Waals surface area contributed by atoms with E-state index < -0.39 is 69.7 Å². The summed E-state index contributed by atoms with van der Waals surface area (Å²) in [6.07, 6.45) is 7.07. The number of ether oxygens (including phenoxy) is 2. The van der Waals surface area contributed by atoms with Crippen LogP contribution in [0.3, 0.4) is 0 Å². The monoisotopic (exact) mass is 805 g/mol. The lowest BCUT2D eigenvalue weighted by atomic mass is 9.89. The number of nitrogens with one attached hydrogen (secondary N) is 3. The first-order chi connectivity index (χ1) is 25.3. The van der Waals surface area contributed by atoms with Crippen LogP contribution in [-0.4, -0.2) is 84.5 Å². The fraction of sp³-hybridized carbons (Fsp3) is 0.486. The van der Waals surface area contributed by atoms with Gasteiger partial charge in [-0.05, 0) is 63.3 Å². The Bertz CT molecular complexity index is 1850. The predicted octanol–water partition coefficient (Wildman–Crippen LogP) is 4.83. The molecule has 54 heavy (non-hydrogen) atoms. The molecule has 4 unspecified atom stereocenters. The fourth-order valence-corrected chi connectivity index (χ4v) is 5.79. The molecule has 0 radical (unpaired) electrons. The molecule has 1 fully saturated rings. The zero-order valence-electron chi connectivity index (χ0n) is 31.0. The summed E-state index contributed by atoms with van der Waals surface area (Å²) in [4.78, 5) is 70.2. The fourth-order valence-electron chi connectivity index (χ4n) is 5.63. The number of carbonyl (C=O) groups excluding carboxylic acids is 5. The molecular weight excluding hydrogens is 761 g/mol. The number of hydrazine groups is 1. The van der Waals surface area contributed by atoms with Crippen LogP contribution in [0, 0.1) is 11.3 Å². The summed E-state index contributed by atoms with van der Waals surface area (Å²) < 4.78 is 10.1. The van der Waals surface area contributed by atoms with Crippen LogP contribution in [0.4, 0.5) is 0 Å². The molecule has 1 aliphatic heterocycles. The van der Waals surface area contributed by atoms with E-state index in [0.717, 1.165) is 10.9 Å². The van der Waals surface area contributed by atoms with Crippen LogP contribution < -0.4 is 16.1 Å². The number of nitrogens with zero attached hydrogens (tertiary/aromatic N) is 4. The van der Waals surface area contributed by atoms with Gasteiger partial charge in [-0.3, -0.25) is 33.7 Å². The summed E-state index contributed by atoms with van der Waals surface area (Å²) in [5, 5.41) is 12.0. The Labute approximate surface area is 329 Å². The highest BCUT2D eigenvalue weighted by Gasteiger charge is 2.37. The second kappa shape index (κ2) is 18.4. The van der Waals surface area contributed by atoms with E-state index in [1.807, 2.05) is 30.3 Å². The SMILES string of the molecule is CC(=O)OC(C)c1ccc2ccc(C=CC(C)(C)C(=O)NC(C(=O)NC(Cn3cccn3)C(=O)N3CCCC(C(=O)OCC(Cl)(Cl)Cl)N3)C(C)C)cc2n1. The Morgan fingerprint density at radius 2 is 1.80 bits per heavy atom. The second-order valence-electron chi connectivity index (χ2n) is 14.0. The number of carbonyl (C=O) groups is 5. The van der Waals surface area contributed by atoms with Gasteiger partial charge in [0.05, 0.1) is 23.2 Å². The molecule has 0 bridgehead atoms. The second-order valence-corrected chi connectivity index (χ2v) is 16.5. The van der Waals surface area contributed by atoms with Gasteiger partial charge in [-0.1, -0.05) is 79.0 Å². The Balaban J connectivity index is 1.46. The zero-order chi connectivity index (χ0) is 39.8. The van der Waals surface area contributed by atoms with E-state index in [9.17, 15) is 24.0 Å². The number of esters is 2. The number of aromatic nitrogens is 3. The van der Waals surface area contributed by atoms with E-state index >= 15 is 0 Å². The van der Waals surface area contributed by atoms with Crippen LogP contribution in [0.25, 0.3) is 17.0 Å². The average molecular weight is 807 g/mol. The van der Waals surface area contributed by atoms with Gasteiger partial charge >= 0.3 is 11.9 Å². The topological polar surface area (TPSA) is 174 Å². The highest BCUT2D eigenvalue weighted by Crippen LogP contribution is 2.27. The van der Waals surface area contributed by atoms with Crippen molar-refractivity contribution >= 4 is 81.4 Å². The molecule has 1 aliphatic rings. The summed E-state index contributed by atoms with van der Waals surface area (Å²) in [6.45, 7) is 9.91. The van der Waals surface area contributed by atoms with Crippen LogP contribution in [0.5, 0.6) is 0 Å². The lowest BCUT2D eigenvalue weighted by Gasteiger charge is -2.35. The van der Waals surface area contributed by atoms with E-state index in [1.54, 1.807) is 65.2 Å². The molecular formula is C37H46Cl3N7O7. The zero-order valence-corrected chi connectivity index (χ0v) is 33.2. The molecule has 3 aromatic rings. The number of hydrogen-bond donors (Lipinski definition) is 3. The van der Waals surface area contributed by atoms with E-state index in [-0.39, 0.29) is 19.0 Å². The third kappa shape index (κ3) is 12.1. The van der Waals surface area contributed by atoms with E-state index in [2.05, 4.69) is 26.1 Å². The van der Waals surface area contributed by atoms with E-state index in [4.69, 9.17) is 44.3 Å². The Hall–Kier alpha value is -4.24. The van der Waals surface area contributed by atoms with Crippen LogP contribution in [-0.2, 0) is 40.0 Å². The van der Waals surface area contributed by atoms with Crippen LogP contribution >= 0.6 is 34.8 Å². The first-order valence-electron chi connectivity index (χ1n) is 17.5. The minimum Gasteiger partial charge on any atom is -0.460 e. The van der Waals surface area contributed by atoms with Crippen molar-refractivity contribution in [2.75, 3.05) is 13.2 Å². The molecule has 3 N–H and O–H groups in total. The molecule has 1 saturated heterocycles. The summed E-state index contributed by atoms with van der Waals surface area (Å²) in [5.41, 5.74) is 3.92. The number of pyridine rings is 1. The molecule has 4 rings (SSSR count). The van der Waals surface area contributed by atoms with Gasteiger partial charge in [-0.25, -0.2) is 10.4 Å². The summed E-state index contributed by atoms with van der Waals surface area (Å²) in [6, 6.07) is 8.08. The van der Waals surface area contributed by atoms with Crippen LogP contribution in [0.1, 0.15) is 71.7 Å². The number of amides is 3. The maximum atomic E-state index is 13.9. The molecule has 0 saturated carbocycles. The molecule has 17 heteroatoms. The van der Waals surface area contributed by atoms with E-state index in [0.29, 0.717) is 24.1 Å². The first kappa shape index (κ1) is 42.5. The smallest absolute Gasteiger partial charge is 0.325 e. The maximum absolute atomic E-state index is 13.9. The van der Waals surface area contributed by atoms with Crippen molar-refractivity contribution in [3.05, 3.63) is 66.1 Å². The van der Waals surface area contributed by atoms with E-state index in [1.165, 1.54) is 16.6 Å². The molecule has 1 aromatic carbocycles. The minimum absolute atomic E-state index is 0.0180. The lowest BCUT2D eigenvalue weighted by molar-refractivity contribution is -0.153. The number of rotatable bonds is 14. The summed E-state index contributed by atoms with van der Waals surface area (Å²) >= 11 is 17.1. The quantitative estimate of drug-likeness (QED) is 0.151. The van der Waals surface area contributed by atoms with Gasteiger partial charge in [-0.2, -0.15) is 5.10 Å². The normalized spacial score (nSPS) is 16.9. The molecule has 0 spiro atoms. The van der Waals surface area contributed by atoms with Crippen molar-refractivity contribution in [1.29, 1.82) is 0 Å². The molecule has 292 valence electrons. The van der Waals surface area contributed by atoms with Gasteiger partial charge in [0.15, 0.2) is 0 Å². The number of halogens is 3. The van der Waals surface area contributed by atoms with Gasteiger partial charge in [0.2, 0.25) is 15.6 Å². The number of alkyl halides is 3. The van der Waals surface area contributed by atoms with Crippen molar-refractivity contribution < 1.29 is 33.4 Å². The molecule has 0 aliphatic carbocycles. The first-order valence-corrected chi connectivity index (χ1v) is 18.6. The average Bonchev–Trinajstić information content (AvgIpc) is 3.63. The molecule has 3 amide bonds. The van der Waals surface area contributed by atoms with Crippen molar-refractivity contribution in [2.24, 2.45) is 11.3 Å². The Kier molecular flexibility index (Phi) is 14.5. The molecule has 4 atom stereocenters. The van der Waals surface area contributed by atoms with Gasteiger partial charge in [-0.15, -0.1) is 0 Å². The largest absolute Gasteiger partial charge is 0.460 e. The highest BCUT2D eigenvalue weighted by molar-refractivity contribution is 6.67. The third-order valence-electron chi connectivity index (χ3n) is 8.67. The van der Waals surface area contributed by atoms with Crippen molar-refractivity contribution in [3.8, 4) is 0 Å². The third-order valence-corrected chi connectivity index (χ3v) is 9.00. The Morgan fingerprint density at radius 3 is 2.44 bits per heavy atom. The summed E-state index contributed by atoms with van der Waals surface area (Å²) in [7, 11) is 0. The van der Waals surface area contributed by atoms with Crippen molar-refractivity contribution in [3.63, 3.8) is 0 Å². The van der Waals surface area contributed by atoms with Gasteiger partial charge in [0.1, 0.15) is 30.8 Å². The van der Waals surface area contributed by atoms with Crippen molar-refractivity contribution in [2.45, 2.75) is 89.0 Å². The minimum atomic E-state index is -1.79. The maximum Gasteiger partial charge on any atom is 0.325 e. The number of hydrogen-bond acceptors (Lipinski definition) is 10.